The van der Waals surface area contributed by atoms with Crippen LogP contribution in [-0.4, -0.2) is 46.8 Å². The van der Waals surface area contributed by atoms with Gasteiger partial charge in [-0.15, -0.1) is 0 Å². The highest BCUT2D eigenvalue weighted by molar-refractivity contribution is 4.77. The highest BCUT2D eigenvalue weighted by atomic mass is 16.5. The molecule has 0 bridgehead atoms. The first kappa shape index (κ1) is 15.5. The van der Waals surface area contributed by atoms with E-state index >= 15 is 0 Å². The zero-order chi connectivity index (χ0) is 14.2. The predicted octanol–water partition coefficient (Wildman–Crippen LogP) is 1.43. The van der Waals surface area contributed by atoms with Crippen LogP contribution >= 0.6 is 0 Å². The number of ether oxygens (including phenoxy) is 1. The van der Waals surface area contributed by atoms with Crippen molar-refractivity contribution in [3.05, 3.63) is 18.5 Å². The van der Waals surface area contributed by atoms with E-state index in [1.54, 1.807) is 6.20 Å². The van der Waals surface area contributed by atoms with E-state index in [1.165, 1.54) is 12.8 Å². The van der Waals surface area contributed by atoms with E-state index in [1.807, 2.05) is 16.9 Å². The molecule has 0 aromatic carbocycles. The number of hydrogen-bond acceptors (Lipinski definition) is 4. The lowest BCUT2D eigenvalue weighted by atomic mass is 9.89. The summed E-state index contributed by atoms with van der Waals surface area (Å²) in [5, 5.41) is 17.2. The summed E-state index contributed by atoms with van der Waals surface area (Å²) in [7, 11) is 0. The van der Waals surface area contributed by atoms with Gasteiger partial charge in [0.05, 0.1) is 25.4 Å². The van der Waals surface area contributed by atoms with Crippen LogP contribution in [0.4, 0.5) is 0 Å². The van der Waals surface area contributed by atoms with E-state index < -0.39 is 6.10 Å². The highest BCUT2D eigenvalue weighted by Crippen LogP contribution is 2.25. The lowest BCUT2D eigenvalue weighted by Gasteiger charge is -2.27. The van der Waals surface area contributed by atoms with E-state index in [0.717, 1.165) is 31.8 Å². The Bertz CT molecular complexity index is 348. The van der Waals surface area contributed by atoms with Gasteiger partial charge < -0.3 is 15.2 Å². The molecule has 0 amide bonds. The van der Waals surface area contributed by atoms with Crippen molar-refractivity contribution < 1.29 is 9.84 Å². The normalized spacial score (nSPS) is 24.7. The maximum Gasteiger partial charge on any atom is 0.0897 e. The molecule has 0 aliphatic heterocycles. The minimum Gasteiger partial charge on any atom is -0.389 e. The fourth-order valence-corrected chi connectivity index (χ4v) is 2.60. The fourth-order valence-electron chi connectivity index (χ4n) is 2.60. The first-order valence-electron chi connectivity index (χ1n) is 7.72. The summed E-state index contributed by atoms with van der Waals surface area (Å²) in [5.74, 6) is 0.837. The molecule has 1 aliphatic rings. The van der Waals surface area contributed by atoms with Gasteiger partial charge in [0.1, 0.15) is 0 Å². The van der Waals surface area contributed by atoms with Crippen molar-refractivity contribution in [2.24, 2.45) is 5.92 Å². The van der Waals surface area contributed by atoms with Crippen LogP contribution in [0.25, 0.3) is 0 Å². The Morgan fingerprint density at radius 1 is 1.40 bits per heavy atom. The van der Waals surface area contributed by atoms with Gasteiger partial charge >= 0.3 is 0 Å². The van der Waals surface area contributed by atoms with Crippen LogP contribution in [-0.2, 0) is 11.3 Å². The van der Waals surface area contributed by atoms with Gasteiger partial charge in [0, 0.05) is 25.5 Å². The Balaban J connectivity index is 1.49. The maximum absolute atomic E-state index is 9.88. The van der Waals surface area contributed by atoms with Crippen molar-refractivity contribution in [2.45, 2.75) is 51.4 Å². The van der Waals surface area contributed by atoms with Crippen LogP contribution in [0.5, 0.6) is 0 Å². The third-order valence-electron chi connectivity index (χ3n) is 3.94. The molecule has 1 aromatic heterocycles. The summed E-state index contributed by atoms with van der Waals surface area (Å²) in [6.07, 6.45) is 8.42. The van der Waals surface area contributed by atoms with E-state index in [-0.39, 0.29) is 0 Å². The molecule has 2 rings (SSSR count). The van der Waals surface area contributed by atoms with Gasteiger partial charge in [0.15, 0.2) is 0 Å². The quantitative estimate of drug-likeness (QED) is 0.708. The first-order chi connectivity index (χ1) is 9.74. The molecular weight excluding hydrogens is 254 g/mol. The minimum absolute atomic E-state index is 0.352. The summed E-state index contributed by atoms with van der Waals surface area (Å²) in [6.45, 7) is 4.94. The second kappa shape index (κ2) is 8.39. The van der Waals surface area contributed by atoms with Crippen LogP contribution < -0.4 is 5.32 Å². The van der Waals surface area contributed by atoms with Crippen LogP contribution in [0.3, 0.4) is 0 Å². The molecule has 1 unspecified atom stereocenters. The molecule has 0 spiro atoms. The SMILES string of the molecule is CC1CCC(OCC(O)CNCCn2cccn2)CC1. The average Bonchev–Trinajstić information content (AvgIpc) is 2.96. The summed E-state index contributed by atoms with van der Waals surface area (Å²) < 4.78 is 7.66. The van der Waals surface area contributed by atoms with E-state index in [4.69, 9.17) is 4.74 Å². The Kier molecular flexibility index (Phi) is 6.50. The Morgan fingerprint density at radius 2 is 2.20 bits per heavy atom. The largest absolute Gasteiger partial charge is 0.389 e. The summed E-state index contributed by atoms with van der Waals surface area (Å²) in [4.78, 5) is 0. The van der Waals surface area contributed by atoms with Crippen molar-refractivity contribution >= 4 is 0 Å². The summed E-state index contributed by atoms with van der Waals surface area (Å²) in [6, 6.07) is 1.91. The molecule has 1 aromatic rings. The molecule has 114 valence electrons. The third kappa shape index (κ3) is 5.61. The van der Waals surface area contributed by atoms with Crippen LogP contribution in [0, 0.1) is 5.92 Å². The number of hydrogen-bond donors (Lipinski definition) is 2. The molecule has 5 nitrogen and oxygen atoms in total. The van der Waals surface area contributed by atoms with E-state index in [9.17, 15) is 5.11 Å². The topological polar surface area (TPSA) is 59.3 Å². The second-order valence-electron chi connectivity index (χ2n) is 5.84. The standard InChI is InChI=1S/C15H27N3O2/c1-13-3-5-15(6-4-13)20-12-14(19)11-16-8-10-18-9-2-7-17-18/h2,7,9,13-16,19H,3-6,8,10-12H2,1H3. The van der Waals surface area contributed by atoms with Crippen molar-refractivity contribution in [3.63, 3.8) is 0 Å². The molecule has 1 atom stereocenters. The predicted molar refractivity (Wildman–Crippen MR) is 78.5 cm³/mol. The number of nitrogens with zero attached hydrogens (tertiary/aromatic N) is 2. The number of aliphatic hydroxyl groups is 1. The van der Waals surface area contributed by atoms with Gasteiger partial charge in [0.2, 0.25) is 0 Å². The number of rotatable bonds is 8. The minimum atomic E-state index is -0.424. The van der Waals surface area contributed by atoms with Gasteiger partial charge in [-0.1, -0.05) is 6.92 Å². The van der Waals surface area contributed by atoms with Crippen molar-refractivity contribution in [2.75, 3.05) is 19.7 Å². The smallest absolute Gasteiger partial charge is 0.0897 e. The third-order valence-corrected chi connectivity index (χ3v) is 3.94. The van der Waals surface area contributed by atoms with E-state index in [2.05, 4.69) is 17.3 Å². The van der Waals surface area contributed by atoms with Crippen LogP contribution in [0.15, 0.2) is 18.5 Å². The van der Waals surface area contributed by atoms with Gasteiger partial charge in [-0.2, -0.15) is 5.10 Å². The molecule has 1 heterocycles. The average molecular weight is 281 g/mol. The Morgan fingerprint density at radius 3 is 2.90 bits per heavy atom. The van der Waals surface area contributed by atoms with E-state index in [0.29, 0.717) is 19.3 Å². The number of aromatic nitrogens is 2. The van der Waals surface area contributed by atoms with Crippen LogP contribution in [0.1, 0.15) is 32.6 Å². The monoisotopic (exact) mass is 281 g/mol. The van der Waals surface area contributed by atoms with Crippen molar-refractivity contribution in [1.29, 1.82) is 0 Å². The summed E-state index contributed by atoms with van der Waals surface area (Å²) in [5.41, 5.74) is 0. The lowest BCUT2D eigenvalue weighted by Crippen LogP contribution is -2.34. The molecule has 0 saturated heterocycles. The molecule has 2 N–H and O–H groups in total. The zero-order valence-corrected chi connectivity index (χ0v) is 12.4. The zero-order valence-electron chi connectivity index (χ0n) is 12.4. The Hall–Kier alpha value is -0.910. The molecular formula is C15H27N3O2. The number of nitrogens with one attached hydrogen (secondary N) is 1. The maximum atomic E-state index is 9.88. The highest BCUT2D eigenvalue weighted by Gasteiger charge is 2.19. The molecule has 1 saturated carbocycles. The summed E-state index contributed by atoms with van der Waals surface area (Å²) >= 11 is 0. The Labute approximate surface area is 121 Å². The first-order valence-corrected chi connectivity index (χ1v) is 7.72. The van der Waals surface area contributed by atoms with Crippen molar-refractivity contribution in [3.8, 4) is 0 Å². The number of aliphatic hydroxyl groups excluding tert-OH is 1. The molecule has 20 heavy (non-hydrogen) atoms. The van der Waals surface area contributed by atoms with Gasteiger partial charge in [-0.3, -0.25) is 4.68 Å². The lowest BCUT2D eigenvalue weighted by molar-refractivity contribution is -0.0277. The van der Waals surface area contributed by atoms with Crippen LogP contribution in [0.2, 0.25) is 0 Å². The molecule has 1 aliphatic carbocycles. The van der Waals surface area contributed by atoms with Gasteiger partial charge in [0.25, 0.3) is 0 Å². The second-order valence-corrected chi connectivity index (χ2v) is 5.84. The van der Waals surface area contributed by atoms with Gasteiger partial charge in [-0.25, -0.2) is 0 Å². The van der Waals surface area contributed by atoms with Gasteiger partial charge in [-0.05, 0) is 37.7 Å². The molecule has 0 radical (unpaired) electrons. The van der Waals surface area contributed by atoms with Crippen molar-refractivity contribution in [1.82, 2.24) is 15.1 Å². The molecule has 5 heteroatoms. The molecule has 1 fully saturated rings. The fraction of sp³-hybridized carbons (Fsp3) is 0.800.